The van der Waals surface area contributed by atoms with E-state index in [1.165, 1.54) is 135 Å². The topological polar surface area (TPSA) is 105 Å². The van der Waals surface area contributed by atoms with E-state index in [4.69, 9.17) is 9.05 Å². The van der Waals surface area contributed by atoms with Crippen LogP contribution in [-0.2, 0) is 18.4 Å². The second kappa shape index (κ2) is 34.0. The number of nitrogens with one attached hydrogen (secondary N) is 1. The first-order valence-corrected chi connectivity index (χ1v) is 22.6. The van der Waals surface area contributed by atoms with Gasteiger partial charge in [0.25, 0.3) is 0 Å². The number of phosphoric acid groups is 1. The van der Waals surface area contributed by atoms with Crippen LogP contribution in [0.4, 0.5) is 0 Å². The van der Waals surface area contributed by atoms with Crippen molar-refractivity contribution in [1.29, 1.82) is 0 Å². The molecule has 50 heavy (non-hydrogen) atoms. The zero-order chi connectivity index (χ0) is 37.2. The van der Waals surface area contributed by atoms with Crippen LogP contribution in [0.1, 0.15) is 194 Å². The van der Waals surface area contributed by atoms with Gasteiger partial charge < -0.3 is 19.8 Å². The molecule has 0 aliphatic heterocycles. The molecule has 0 aromatic rings. The van der Waals surface area contributed by atoms with Gasteiger partial charge in [0.15, 0.2) is 0 Å². The normalized spacial score (nSPS) is 14.6. The highest BCUT2D eigenvalue weighted by Crippen LogP contribution is 2.43. The first kappa shape index (κ1) is 49.2. The molecule has 0 bridgehead atoms. The molecule has 0 aromatic carbocycles. The average Bonchev–Trinajstić information content (AvgIpc) is 3.06. The molecule has 0 aliphatic carbocycles. The number of hydrogen-bond acceptors (Lipinski definition) is 5. The maximum atomic E-state index is 12.8. The summed E-state index contributed by atoms with van der Waals surface area (Å²) in [7, 11) is 1.58. The van der Waals surface area contributed by atoms with Crippen molar-refractivity contribution in [3.63, 3.8) is 0 Å². The maximum absolute atomic E-state index is 12.8. The van der Waals surface area contributed by atoms with Gasteiger partial charge in [-0.3, -0.25) is 13.8 Å². The highest BCUT2D eigenvalue weighted by atomic mass is 31.2. The van der Waals surface area contributed by atoms with E-state index >= 15 is 0 Å². The Kier molecular flexibility index (Phi) is 33.5. The summed E-state index contributed by atoms with van der Waals surface area (Å²) < 4.78 is 23.5. The van der Waals surface area contributed by atoms with Crippen LogP contribution in [0.25, 0.3) is 0 Å². The number of likely N-dealkylation sites (N-methyl/N-ethyl adjacent to an activating group) is 1. The quantitative estimate of drug-likeness (QED) is 0.0253. The highest BCUT2D eigenvalue weighted by Gasteiger charge is 2.27. The van der Waals surface area contributed by atoms with Crippen LogP contribution in [0, 0.1) is 0 Å². The summed E-state index contributed by atoms with van der Waals surface area (Å²) in [5.41, 5.74) is 0. The van der Waals surface area contributed by atoms with Crippen molar-refractivity contribution in [1.82, 2.24) is 5.32 Å². The lowest BCUT2D eigenvalue weighted by molar-refractivity contribution is -0.870. The van der Waals surface area contributed by atoms with Gasteiger partial charge in [0.05, 0.1) is 39.9 Å². The number of aliphatic hydroxyl groups is 1. The smallest absolute Gasteiger partial charge is 0.387 e. The van der Waals surface area contributed by atoms with Gasteiger partial charge in [-0.1, -0.05) is 180 Å². The van der Waals surface area contributed by atoms with Crippen molar-refractivity contribution in [2.75, 3.05) is 40.9 Å². The van der Waals surface area contributed by atoms with Crippen LogP contribution in [0.5, 0.6) is 0 Å². The van der Waals surface area contributed by atoms with Gasteiger partial charge in [0, 0.05) is 6.42 Å². The number of rotatable bonds is 38. The SMILES string of the molecule is CCCCCCCCCCCCC/C=C/[C@H](O)[C@@H](COP(=O)(O)OCC[N+](C)(C)C)NC(=O)CCCCCCCCCCCCCCCCC. The molecule has 3 N–H and O–H groups in total. The lowest BCUT2D eigenvalue weighted by Crippen LogP contribution is -2.45. The van der Waals surface area contributed by atoms with Crippen LogP contribution in [0.15, 0.2) is 12.2 Å². The Morgan fingerprint density at radius 3 is 1.48 bits per heavy atom. The van der Waals surface area contributed by atoms with E-state index in [1.54, 1.807) is 6.08 Å². The van der Waals surface area contributed by atoms with E-state index in [1.807, 2.05) is 27.2 Å². The molecule has 0 heterocycles. The molecule has 0 saturated heterocycles. The zero-order valence-corrected chi connectivity index (χ0v) is 34.5. The van der Waals surface area contributed by atoms with E-state index in [2.05, 4.69) is 19.2 Å². The summed E-state index contributed by atoms with van der Waals surface area (Å²) in [6.45, 7) is 4.81. The lowest BCUT2D eigenvalue weighted by atomic mass is 10.0. The predicted octanol–water partition coefficient (Wildman–Crippen LogP) is 11.2. The molecule has 0 fully saturated rings. The van der Waals surface area contributed by atoms with Crippen molar-refractivity contribution in [3.05, 3.63) is 12.2 Å². The third kappa shape index (κ3) is 35.6. The number of carbonyl (C=O) groups excluding carboxylic acids is 1. The van der Waals surface area contributed by atoms with E-state index in [0.29, 0.717) is 17.4 Å². The van der Waals surface area contributed by atoms with Crippen molar-refractivity contribution >= 4 is 13.7 Å². The molecular weight excluding hydrogens is 647 g/mol. The van der Waals surface area contributed by atoms with Crippen molar-refractivity contribution < 1.29 is 32.9 Å². The molecule has 8 nitrogen and oxygen atoms in total. The van der Waals surface area contributed by atoms with Gasteiger partial charge in [-0.2, -0.15) is 0 Å². The summed E-state index contributed by atoms with van der Waals surface area (Å²) in [5, 5.41) is 13.8. The third-order valence-electron chi connectivity index (χ3n) is 9.51. The Bertz CT molecular complexity index is 834. The van der Waals surface area contributed by atoms with Gasteiger partial charge in [0.2, 0.25) is 5.91 Å². The molecule has 1 amide bonds. The number of allylic oxidation sites excluding steroid dienone is 1. The Morgan fingerprint density at radius 2 is 1.06 bits per heavy atom. The van der Waals surface area contributed by atoms with Gasteiger partial charge in [0.1, 0.15) is 13.2 Å². The zero-order valence-electron chi connectivity index (χ0n) is 33.7. The Labute approximate surface area is 310 Å². The Morgan fingerprint density at radius 1 is 0.660 bits per heavy atom. The number of amides is 1. The fraction of sp³-hybridized carbons (Fsp3) is 0.927. The second-order valence-corrected chi connectivity index (χ2v) is 17.2. The minimum atomic E-state index is -4.33. The van der Waals surface area contributed by atoms with Crippen molar-refractivity contribution in [2.45, 2.75) is 206 Å². The highest BCUT2D eigenvalue weighted by molar-refractivity contribution is 7.47. The van der Waals surface area contributed by atoms with E-state index in [0.717, 1.165) is 38.5 Å². The number of hydrogen-bond donors (Lipinski definition) is 3. The summed E-state index contributed by atoms with van der Waals surface area (Å²) in [6, 6.07) is -0.838. The van der Waals surface area contributed by atoms with Crippen molar-refractivity contribution in [3.8, 4) is 0 Å². The Hall–Kier alpha value is -0.760. The summed E-state index contributed by atoms with van der Waals surface area (Å²) in [5.74, 6) is -0.176. The number of unbranched alkanes of at least 4 members (excludes halogenated alkanes) is 25. The van der Waals surface area contributed by atoms with Gasteiger partial charge in [-0.15, -0.1) is 0 Å². The number of carbonyl (C=O) groups is 1. The molecule has 0 spiro atoms. The fourth-order valence-corrected chi connectivity index (χ4v) is 6.84. The Balaban J connectivity index is 4.44. The minimum Gasteiger partial charge on any atom is -0.387 e. The second-order valence-electron chi connectivity index (χ2n) is 15.7. The van der Waals surface area contributed by atoms with Crippen LogP contribution < -0.4 is 5.32 Å². The molecule has 0 rings (SSSR count). The monoisotopic (exact) mass is 732 g/mol. The molecule has 0 aromatic heterocycles. The molecule has 9 heteroatoms. The molecule has 0 aliphatic rings. The first-order chi connectivity index (χ1) is 24.0. The van der Waals surface area contributed by atoms with Gasteiger partial charge in [-0.25, -0.2) is 4.57 Å². The first-order valence-electron chi connectivity index (χ1n) is 21.1. The number of aliphatic hydroxyl groups excluding tert-OH is 1. The predicted molar refractivity (Wildman–Crippen MR) is 212 cm³/mol. The molecule has 3 atom stereocenters. The lowest BCUT2D eigenvalue weighted by Gasteiger charge is -2.25. The number of phosphoric ester groups is 1. The van der Waals surface area contributed by atoms with Gasteiger partial charge in [-0.05, 0) is 19.3 Å². The van der Waals surface area contributed by atoms with Gasteiger partial charge >= 0.3 is 7.82 Å². The number of nitrogens with zero attached hydrogens (tertiary/aromatic N) is 1. The summed E-state index contributed by atoms with van der Waals surface area (Å²) in [6.07, 6.45) is 36.9. The molecule has 298 valence electrons. The minimum absolute atomic E-state index is 0.0644. The van der Waals surface area contributed by atoms with Crippen LogP contribution in [-0.4, -0.2) is 73.4 Å². The van der Waals surface area contributed by atoms with Crippen LogP contribution in [0.3, 0.4) is 0 Å². The van der Waals surface area contributed by atoms with Crippen LogP contribution >= 0.6 is 7.82 Å². The van der Waals surface area contributed by atoms with E-state index in [9.17, 15) is 19.4 Å². The fourth-order valence-electron chi connectivity index (χ4n) is 6.10. The summed E-state index contributed by atoms with van der Waals surface area (Å²) >= 11 is 0. The maximum Gasteiger partial charge on any atom is 0.472 e. The van der Waals surface area contributed by atoms with Crippen molar-refractivity contribution in [2.24, 2.45) is 0 Å². The summed E-state index contributed by atoms with van der Waals surface area (Å²) in [4.78, 5) is 23.0. The van der Waals surface area contributed by atoms with E-state index < -0.39 is 20.0 Å². The number of quaternary nitrogens is 1. The van der Waals surface area contributed by atoms with E-state index in [-0.39, 0.29) is 19.1 Å². The average molecular weight is 732 g/mol. The third-order valence-corrected chi connectivity index (χ3v) is 10.5. The molecule has 1 unspecified atom stereocenters. The van der Waals surface area contributed by atoms with Crippen LogP contribution in [0.2, 0.25) is 0 Å². The molecule has 0 radical (unpaired) electrons. The largest absolute Gasteiger partial charge is 0.472 e. The molecule has 0 saturated carbocycles. The molecular formula is C41H84N2O6P+. The standard InChI is InChI=1S/C41H83N2O6P/c1-6-8-10-12-14-16-18-20-21-23-25-27-29-31-33-35-41(45)42-39(38-49-50(46,47)48-37-36-43(3,4)5)40(44)34-32-30-28-26-24-22-19-17-15-13-11-9-7-2/h32,34,39-40,44H,6-31,33,35-38H2,1-5H3,(H-,42,45,46,47)/p+1/b34-32+/t39-,40+/m1/s1.